The van der Waals surface area contributed by atoms with Crippen LogP contribution in [0.1, 0.15) is 23.7 Å². The van der Waals surface area contributed by atoms with E-state index in [1.165, 1.54) is 32.7 Å². The summed E-state index contributed by atoms with van der Waals surface area (Å²) in [7, 11) is 0. The van der Waals surface area contributed by atoms with Crippen LogP contribution in [0.15, 0.2) is 174 Å². The first kappa shape index (κ1) is 29.3. The molecule has 10 rings (SSSR count). The van der Waals surface area contributed by atoms with Gasteiger partial charge in [0.05, 0.1) is 0 Å². The monoisotopic (exact) mass is 653 g/mol. The van der Waals surface area contributed by atoms with Crippen LogP contribution in [-0.4, -0.2) is 15.0 Å². The molecule has 1 aliphatic carbocycles. The predicted octanol–water partition coefficient (Wildman–Crippen LogP) is 12.2. The van der Waals surface area contributed by atoms with E-state index in [0.717, 1.165) is 50.6 Å². The lowest BCUT2D eigenvalue weighted by Crippen LogP contribution is -2.05. The Labute approximate surface area is 295 Å². The molecule has 1 unspecified atom stereocenters. The molecule has 0 N–H and O–H groups in total. The van der Waals surface area contributed by atoms with Crippen molar-refractivity contribution in [3.8, 4) is 33.9 Å². The van der Waals surface area contributed by atoms with Crippen molar-refractivity contribution in [3.05, 3.63) is 181 Å². The van der Waals surface area contributed by atoms with Crippen molar-refractivity contribution in [3.63, 3.8) is 0 Å². The smallest absolute Gasteiger partial charge is 0.164 e. The molecule has 0 bridgehead atoms. The van der Waals surface area contributed by atoms with Gasteiger partial charge < -0.3 is 4.42 Å². The molecule has 0 amide bonds. The molecular formula is C47H31N3O. The second-order valence-electron chi connectivity index (χ2n) is 13.1. The molecule has 0 saturated heterocycles. The van der Waals surface area contributed by atoms with E-state index in [1.54, 1.807) is 0 Å². The zero-order valence-corrected chi connectivity index (χ0v) is 27.7. The summed E-state index contributed by atoms with van der Waals surface area (Å²) in [5.74, 6) is 2.26. The van der Waals surface area contributed by atoms with Crippen LogP contribution in [-0.2, 0) is 0 Å². The molecule has 0 fully saturated rings. The number of benzene rings is 7. The van der Waals surface area contributed by atoms with Crippen molar-refractivity contribution < 1.29 is 4.42 Å². The number of nitrogens with zero attached hydrogens (tertiary/aromatic N) is 3. The summed E-state index contributed by atoms with van der Waals surface area (Å²) in [6.45, 7) is 0. The summed E-state index contributed by atoms with van der Waals surface area (Å²) in [5, 5.41) is 6.97. The van der Waals surface area contributed by atoms with E-state index in [1.807, 2.05) is 42.5 Å². The molecular weight excluding hydrogens is 623 g/mol. The minimum Gasteiger partial charge on any atom is -0.456 e. The third-order valence-electron chi connectivity index (χ3n) is 10.1. The molecule has 0 saturated carbocycles. The van der Waals surface area contributed by atoms with Crippen molar-refractivity contribution in [2.24, 2.45) is 0 Å². The van der Waals surface area contributed by atoms with E-state index in [4.69, 9.17) is 19.4 Å². The van der Waals surface area contributed by atoms with E-state index in [-0.39, 0.29) is 0 Å². The number of hydrogen-bond acceptors (Lipinski definition) is 4. The average molecular weight is 654 g/mol. The van der Waals surface area contributed by atoms with E-state index in [9.17, 15) is 0 Å². The second kappa shape index (κ2) is 12.0. The highest BCUT2D eigenvalue weighted by Gasteiger charge is 2.20. The van der Waals surface area contributed by atoms with Crippen molar-refractivity contribution in [2.45, 2.75) is 12.3 Å². The Bertz CT molecular complexity index is 2830. The summed E-state index contributed by atoms with van der Waals surface area (Å²) in [5.41, 5.74) is 8.09. The van der Waals surface area contributed by atoms with E-state index >= 15 is 0 Å². The van der Waals surface area contributed by atoms with Crippen molar-refractivity contribution in [1.82, 2.24) is 15.0 Å². The number of furan rings is 1. The van der Waals surface area contributed by atoms with Crippen molar-refractivity contribution in [1.29, 1.82) is 0 Å². The molecule has 4 heteroatoms. The highest BCUT2D eigenvalue weighted by molar-refractivity contribution is 6.16. The Morgan fingerprint density at radius 1 is 0.490 bits per heavy atom. The van der Waals surface area contributed by atoms with Crippen molar-refractivity contribution >= 4 is 49.1 Å². The van der Waals surface area contributed by atoms with Gasteiger partial charge in [-0.3, -0.25) is 0 Å². The summed E-state index contributed by atoms with van der Waals surface area (Å²) < 4.78 is 6.60. The number of aromatic nitrogens is 3. The second-order valence-corrected chi connectivity index (χ2v) is 13.1. The minimum absolute atomic E-state index is 0.327. The van der Waals surface area contributed by atoms with Gasteiger partial charge in [-0.15, -0.1) is 0 Å². The highest BCUT2D eigenvalue weighted by atomic mass is 16.3. The third-order valence-corrected chi connectivity index (χ3v) is 10.1. The topological polar surface area (TPSA) is 51.8 Å². The van der Waals surface area contributed by atoms with Gasteiger partial charge in [0.2, 0.25) is 0 Å². The summed E-state index contributed by atoms with van der Waals surface area (Å²) in [6, 6.07) is 53.0. The fraction of sp³-hybridized carbons (Fsp3) is 0.0426. The number of allylic oxidation sites excluding steroid dienone is 4. The summed E-state index contributed by atoms with van der Waals surface area (Å²) in [6.07, 6.45) is 7.55. The summed E-state index contributed by atoms with van der Waals surface area (Å²) >= 11 is 0. The van der Waals surface area contributed by atoms with Gasteiger partial charge in [0.1, 0.15) is 11.2 Å². The van der Waals surface area contributed by atoms with Gasteiger partial charge in [0, 0.05) is 33.4 Å². The van der Waals surface area contributed by atoms with Gasteiger partial charge in [-0.2, -0.15) is 0 Å². The van der Waals surface area contributed by atoms with Crippen LogP contribution in [0.4, 0.5) is 0 Å². The number of hydrogen-bond donors (Lipinski definition) is 0. The molecule has 51 heavy (non-hydrogen) atoms. The first-order valence-corrected chi connectivity index (χ1v) is 17.4. The van der Waals surface area contributed by atoms with Gasteiger partial charge in [-0.1, -0.05) is 146 Å². The lowest BCUT2D eigenvalue weighted by atomic mass is 9.90. The molecule has 0 spiro atoms. The van der Waals surface area contributed by atoms with Crippen molar-refractivity contribution in [2.75, 3.05) is 0 Å². The quantitative estimate of drug-likeness (QED) is 0.173. The Balaban J connectivity index is 1.11. The average Bonchev–Trinajstić information content (AvgIpc) is 3.59. The lowest BCUT2D eigenvalue weighted by Gasteiger charge is -2.17. The largest absolute Gasteiger partial charge is 0.456 e. The van der Waals surface area contributed by atoms with Crippen LogP contribution in [0, 0.1) is 0 Å². The normalized spacial score (nSPS) is 14.4. The Morgan fingerprint density at radius 2 is 1.22 bits per heavy atom. The maximum Gasteiger partial charge on any atom is 0.164 e. The molecule has 2 heterocycles. The molecule has 1 atom stereocenters. The SMILES string of the molecule is C1=CC(c2ccccc2)CC=C1c1nc(-c2ccccc2)nc(-c2cccc3oc4cc(-c5cc6ccccc6c6ccccc56)ccc4c23)n1. The molecule has 0 radical (unpaired) electrons. The molecule has 7 aromatic carbocycles. The zero-order valence-electron chi connectivity index (χ0n) is 27.7. The van der Waals surface area contributed by atoms with Gasteiger partial charge in [-0.05, 0) is 68.9 Å². The molecule has 0 aliphatic heterocycles. The first-order valence-electron chi connectivity index (χ1n) is 17.4. The lowest BCUT2D eigenvalue weighted by molar-refractivity contribution is 0.669. The van der Waals surface area contributed by atoms with Crippen LogP contribution < -0.4 is 0 Å². The van der Waals surface area contributed by atoms with Crippen LogP contribution >= 0.6 is 0 Å². The van der Waals surface area contributed by atoms with Crippen LogP contribution in [0.3, 0.4) is 0 Å². The standard InChI is InChI=1S/C47H31N3O/c1-3-12-30(13-4-1)31-22-24-33(25-23-31)46-48-45(32-14-5-2-6-15-32)49-47(50-46)40-20-11-21-42-44(40)39-27-26-35(29-43(39)51-42)41-28-34-16-7-8-17-36(34)37-18-9-10-19-38(37)41/h1-22,24-29,31H,23H2. The number of rotatable bonds is 5. The first-order chi connectivity index (χ1) is 25.3. The molecule has 9 aromatic rings. The summed E-state index contributed by atoms with van der Waals surface area (Å²) in [4.78, 5) is 15.2. The van der Waals surface area contributed by atoms with Gasteiger partial charge in [0.25, 0.3) is 0 Å². The Kier molecular flexibility index (Phi) is 6.91. The maximum atomic E-state index is 6.60. The van der Waals surface area contributed by atoms with Crippen LogP contribution in [0.25, 0.3) is 83.0 Å². The van der Waals surface area contributed by atoms with E-state index in [0.29, 0.717) is 23.4 Å². The number of fused-ring (bicyclic) bond motifs is 6. The van der Waals surface area contributed by atoms with Crippen LogP contribution in [0.5, 0.6) is 0 Å². The molecule has 4 nitrogen and oxygen atoms in total. The fourth-order valence-corrected chi connectivity index (χ4v) is 7.55. The van der Waals surface area contributed by atoms with Gasteiger partial charge in [-0.25, -0.2) is 15.0 Å². The predicted molar refractivity (Wildman–Crippen MR) is 209 cm³/mol. The molecule has 240 valence electrons. The van der Waals surface area contributed by atoms with Crippen LogP contribution in [0.2, 0.25) is 0 Å². The zero-order chi connectivity index (χ0) is 33.7. The van der Waals surface area contributed by atoms with Gasteiger partial charge in [0.15, 0.2) is 17.5 Å². The van der Waals surface area contributed by atoms with E-state index < -0.39 is 0 Å². The van der Waals surface area contributed by atoms with Gasteiger partial charge >= 0.3 is 0 Å². The third kappa shape index (κ3) is 5.12. The maximum absolute atomic E-state index is 6.60. The van der Waals surface area contributed by atoms with E-state index in [2.05, 4.69) is 127 Å². The minimum atomic E-state index is 0.327. The highest BCUT2D eigenvalue weighted by Crippen LogP contribution is 2.41. The Morgan fingerprint density at radius 3 is 2.04 bits per heavy atom. The molecule has 1 aliphatic rings. The fourth-order valence-electron chi connectivity index (χ4n) is 7.55. The molecule has 2 aromatic heterocycles. The Hall–Kier alpha value is -6.65.